The first-order valence-electron chi connectivity index (χ1n) is 14.5. The van der Waals surface area contributed by atoms with Crippen LogP contribution in [0.5, 0.6) is 0 Å². The molecule has 6 atom stereocenters. The van der Waals surface area contributed by atoms with Gasteiger partial charge in [0.15, 0.2) is 6.10 Å². The summed E-state index contributed by atoms with van der Waals surface area (Å²) in [4.78, 5) is 34.2. The fourth-order valence-electron chi connectivity index (χ4n) is 5.01. The van der Waals surface area contributed by atoms with Crippen molar-refractivity contribution in [2.24, 2.45) is 11.8 Å². The second kappa shape index (κ2) is 14.6. The third kappa shape index (κ3) is 9.30. The number of rotatable bonds is 5. The zero-order valence-corrected chi connectivity index (χ0v) is 25.0. The Balaban J connectivity index is 1.81. The van der Waals surface area contributed by atoms with Gasteiger partial charge in [-0.3, -0.25) is 9.78 Å². The lowest BCUT2D eigenvalue weighted by Gasteiger charge is -2.36. The summed E-state index contributed by atoms with van der Waals surface area (Å²) in [6, 6.07) is 5.87. The number of piperazine rings is 1. The number of aliphatic hydroxyl groups is 1. The quantitative estimate of drug-likeness (QED) is 0.308. The van der Waals surface area contributed by atoms with Gasteiger partial charge in [0.2, 0.25) is 0 Å². The van der Waals surface area contributed by atoms with Gasteiger partial charge in [-0.15, -0.1) is 0 Å². The van der Waals surface area contributed by atoms with Gasteiger partial charge in [-0.05, 0) is 63.4 Å². The number of pyridine rings is 1. The molecule has 40 heavy (non-hydrogen) atoms. The summed E-state index contributed by atoms with van der Waals surface area (Å²) in [5.41, 5.74) is 0.606. The predicted molar refractivity (Wildman–Crippen MR) is 157 cm³/mol. The van der Waals surface area contributed by atoms with Gasteiger partial charge in [0.25, 0.3) is 0 Å². The molecule has 1 fully saturated rings. The van der Waals surface area contributed by atoms with Gasteiger partial charge in [-0.1, -0.05) is 51.1 Å². The van der Waals surface area contributed by atoms with Crippen molar-refractivity contribution < 1.29 is 24.2 Å². The predicted octanol–water partition coefficient (Wildman–Crippen LogP) is 5.12. The number of carbonyl (C=O) groups excluding carboxylic acids is 2. The Morgan fingerprint density at radius 1 is 1.23 bits per heavy atom. The molecule has 8 nitrogen and oxygen atoms in total. The van der Waals surface area contributed by atoms with Crippen molar-refractivity contribution in [3.63, 3.8) is 0 Å². The minimum absolute atomic E-state index is 0.00993. The number of hydrogen-bond acceptors (Lipinski definition) is 7. The Bertz CT molecular complexity index is 1060. The minimum Gasteiger partial charge on any atom is -0.457 e. The van der Waals surface area contributed by atoms with Crippen LogP contribution in [0.25, 0.3) is 0 Å². The van der Waals surface area contributed by atoms with Crippen LogP contribution in [0.15, 0.2) is 60.3 Å². The lowest BCUT2D eigenvalue weighted by molar-refractivity contribution is -0.150. The van der Waals surface area contributed by atoms with E-state index in [1.807, 2.05) is 64.2 Å². The summed E-state index contributed by atoms with van der Waals surface area (Å²) in [6.07, 6.45) is 11.0. The first kappa shape index (κ1) is 31.6. The van der Waals surface area contributed by atoms with Crippen molar-refractivity contribution in [3.05, 3.63) is 66.0 Å². The number of nitrogens with zero attached hydrogens (tertiary/aromatic N) is 3. The van der Waals surface area contributed by atoms with E-state index < -0.39 is 23.9 Å². The van der Waals surface area contributed by atoms with Crippen molar-refractivity contribution in [2.45, 2.75) is 77.6 Å². The molecule has 1 N–H and O–H groups in total. The van der Waals surface area contributed by atoms with Gasteiger partial charge in [-0.25, -0.2) is 4.79 Å². The average Bonchev–Trinajstić information content (AvgIpc) is 2.92. The maximum atomic E-state index is 13.0. The molecule has 0 unspecified atom stereocenters. The standard InChI is InChI=1S/C32H47N3O5/c1-23-15-16-32(5,38)28(39-31(37)35-20-18-34(6)19-21-35)14-13-26(4)30(40-29(36)22-23)25(3)11-9-10-24(2)27-12-7-8-17-33-27/h7-14,17,23-24,26,28,30,38H,15-16,18-22H2,1-6H3/b10-9+,14-13+,25-11+/t23-,24+,26+,28+,30-,32-/m1/s1. The van der Waals surface area contributed by atoms with Crippen molar-refractivity contribution in [3.8, 4) is 0 Å². The molecule has 220 valence electrons. The summed E-state index contributed by atoms with van der Waals surface area (Å²) in [7, 11) is 2.03. The molecule has 8 heteroatoms. The summed E-state index contributed by atoms with van der Waals surface area (Å²) in [5, 5.41) is 11.4. The highest BCUT2D eigenvalue weighted by Crippen LogP contribution is 2.29. The van der Waals surface area contributed by atoms with Crippen molar-refractivity contribution >= 4 is 12.1 Å². The first-order valence-corrected chi connectivity index (χ1v) is 14.5. The van der Waals surface area contributed by atoms with E-state index in [4.69, 9.17) is 9.47 Å². The minimum atomic E-state index is -1.28. The molecule has 1 aromatic heterocycles. The van der Waals surface area contributed by atoms with E-state index in [1.54, 1.807) is 24.1 Å². The van der Waals surface area contributed by atoms with Crippen LogP contribution in [0.2, 0.25) is 0 Å². The first-order chi connectivity index (χ1) is 19.0. The zero-order valence-electron chi connectivity index (χ0n) is 25.0. The van der Waals surface area contributed by atoms with Crippen LogP contribution >= 0.6 is 0 Å². The molecule has 0 spiro atoms. The molecular formula is C32H47N3O5. The third-order valence-corrected chi connectivity index (χ3v) is 7.95. The molecule has 0 aliphatic carbocycles. The highest BCUT2D eigenvalue weighted by Gasteiger charge is 2.36. The largest absolute Gasteiger partial charge is 0.457 e. The molecule has 3 heterocycles. The van der Waals surface area contributed by atoms with E-state index in [9.17, 15) is 14.7 Å². The van der Waals surface area contributed by atoms with Crippen LogP contribution in [0, 0.1) is 11.8 Å². The van der Waals surface area contributed by atoms with E-state index in [0.29, 0.717) is 25.9 Å². The summed E-state index contributed by atoms with van der Waals surface area (Å²) in [6.45, 7) is 12.4. The molecule has 0 aromatic carbocycles. The number of likely N-dealkylation sites (N-methyl/N-ethyl adjacent to an activating group) is 1. The molecule has 1 amide bonds. The van der Waals surface area contributed by atoms with E-state index >= 15 is 0 Å². The number of cyclic esters (lactones) is 1. The number of carbonyl (C=O) groups is 2. The zero-order chi connectivity index (χ0) is 29.3. The monoisotopic (exact) mass is 553 g/mol. The molecule has 0 radical (unpaired) electrons. The number of aromatic nitrogens is 1. The number of allylic oxidation sites excluding steroid dienone is 3. The highest BCUT2D eigenvalue weighted by atomic mass is 16.6. The number of hydrogen-bond donors (Lipinski definition) is 1. The second-order valence-corrected chi connectivity index (χ2v) is 11.8. The second-order valence-electron chi connectivity index (χ2n) is 11.8. The van der Waals surface area contributed by atoms with Gasteiger partial charge in [0.05, 0.1) is 0 Å². The SMILES string of the molecule is C/C(=C\C=C\[C@H](C)c1ccccn1)[C@H]1OC(=O)C[C@H](C)CC[C@@](C)(O)[C@@H](OC(=O)N2CCN(C)CC2)/C=C/[C@@H]1C. The van der Waals surface area contributed by atoms with Crippen LogP contribution in [0.4, 0.5) is 4.79 Å². The number of ether oxygens (including phenoxy) is 2. The van der Waals surface area contributed by atoms with E-state index in [0.717, 1.165) is 24.4 Å². The molecule has 0 bridgehead atoms. The van der Waals surface area contributed by atoms with E-state index in [2.05, 4.69) is 22.9 Å². The van der Waals surface area contributed by atoms with Crippen molar-refractivity contribution in [2.75, 3.05) is 33.2 Å². The average molecular weight is 554 g/mol. The summed E-state index contributed by atoms with van der Waals surface area (Å²) in [5.74, 6) is -0.317. The molecular weight excluding hydrogens is 506 g/mol. The Kier molecular flexibility index (Phi) is 11.5. The molecule has 0 saturated carbocycles. The Morgan fingerprint density at radius 3 is 2.62 bits per heavy atom. The number of amides is 1. The topological polar surface area (TPSA) is 92.2 Å². The molecule has 1 aromatic rings. The molecule has 1 saturated heterocycles. The van der Waals surface area contributed by atoms with Crippen LogP contribution in [0.1, 0.15) is 65.5 Å². The normalized spacial score (nSPS) is 31.1. The maximum Gasteiger partial charge on any atom is 0.410 e. The molecule has 2 aliphatic rings. The van der Waals surface area contributed by atoms with E-state index in [-0.39, 0.29) is 30.1 Å². The van der Waals surface area contributed by atoms with Crippen LogP contribution < -0.4 is 0 Å². The number of esters is 1. The van der Waals surface area contributed by atoms with Crippen LogP contribution in [0.3, 0.4) is 0 Å². The van der Waals surface area contributed by atoms with Crippen molar-refractivity contribution in [1.82, 2.24) is 14.8 Å². The fraction of sp³-hybridized carbons (Fsp3) is 0.594. The summed E-state index contributed by atoms with van der Waals surface area (Å²) < 4.78 is 11.9. The highest BCUT2D eigenvalue weighted by molar-refractivity contribution is 5.70. The maximum absolute atomic E-state index is 13.0. The fourth-order valence-corrected chi connectivity index (χ4v) is 5.01. The third-order valence-electron chi connectivity index (χ3n) is 7.95. The Morgan fingerprint density at radius 2 is 1.95 bits per heavy atom. The molecule has 2 aliphatic heterocycles. The lowest BCUT2D eigenvalue weighted by atomic mass is 9.87. The van der Waals surface area contributed by atoms with Gasteiger partial charge in [0.1, 0.15) is 11.7 Å². The van der Waals surface area contributed by atoms with Gasteiger partial charge in [-0.2, -0.15) is 0 Å². The summed E-state index contributed by atoms with van der Waals surface area (Å²) >= 11 is 0. The van der Waals surface area contributed by atoms with E-state index in [1.165, 1.54) is 0 Å². The van der Waals surface area contributed by atoms with Gasteiger partial charge < -0.3 is 24.4 Å². The molecule has 3 rings (SSSR count). The van der Waals surface area contributed by atoms with Gasteiger partial charge >= 0.3 is 12.1 Å². The Hall–Kier alpha value is -2.97. The van der Waals surface area contributed by atoms with Crippen LogP contribution in [-0.2, 0) is 14.3 Å². The van der Waals surface area contributed by atoms with Gasteiger partial charge in [0, 0.05) is 56.3 Å². The Labute approximate surface area is 239 Å². The lowest BCUT2D eigenvalue weighted by Crippen LogP contribution is -2.50. The smallest absolute Gasteiger partial charge is 0.410 e. The van der Waals surface area contributed by atoms with Crippen molar-refractivity contribution in [1.29, 1.82) is 0 Å². The van der Waals surface area contributed by atoms with Crippen LogP contribution in [-0.4, -0.2) is 83.0 Å².